The van der Waals surface area contributed by atoms with E-state index in [4.69, 9.17) is 10.8 Å². The van der Waals surface area contributed by atoms with E-state index in [0.29, 0.717) is 0 Å². The lowest BCUT2D eigenvalue weighted by atomic mass is 10.0. The number of aryl methyl sites for hydroxylation is 1. The molecule has 1 atom stereocenters. The summed E-state index contributed by atoms with van der Waals surface area (Å²) < 4.78 is 1.72. The second kappa shape index (κ2) is 4.77. The first kappa shape index (κ1) is 11.5. The molecule has 0 aliphatic rings. The molecule has 0 saturated carbocycles. The molecule has 0 fully saturated rings. The van der Waals surface area contributed by atoms with Crippen LogP contribution in [0.1, 0.15) is 13.3 Å². The van der Waals surface area contributed by atoms with Crippen molar-refractivity contribution in [1.29, 1.82) is 0 Å². The van der Waals surface area contributed by atoms with E-state index < -0.39 is 5.54 Å². The third-order valence-corrected chi connectivity index (χ3v) is 2.97. The fourth-order valence-corrected chi connectivity index (χ4v) is 1.98. The van der Waals surface area contributed by atoms with Crippen LogP contribution in [0.5, 0.6) is 0 Å². The Bertz CT molecular complexity index is 287. The van der Waals surface area contributed by atoms with E-state index in [1.807, 2.05) is 14.0 Å². The summed E-state index contributed by atoms with van der Waals surface area (Å²) in [6.45, 7) is 1.84. The van der Waals surface area contributed by atoms with Crippen molar-refractivity contribution < 1.29 is 5.11 Å². The minimum absolute atomic E-state index is 0.00632. The van der Waals surface area contributed by atoms with Gasteiger partial charge in [-0.05, 0) is 13.3 Å². The summed E-state index contributed by atoms with van der Waals surface area (Å²) >= 11 is 1.59. The number of aliphatic hydroxyl groups excluding tert-OH is 1. The first-order valence-electron chi connectivity index (χ1n) is 4.42. The summed E-state index contributed by atoms with van der Waals surface area (Å²) in [4.78, 5) is 4.07. The van der Waals surface area contributed by atoms with Crippen LogP contribution in [0.3, 0.4) is 0 Å². The second-order valence-corrected chi connectivity index (χ2v) is 4.64. The van der Waals surface area contributed by atoms with Crippen LogP contribution < -0.4 is 5.73 Å². The lowest BCUT2D eigenvalue weighted by Crippen LogP contribution is -2.40. The highest BCUT2D eigenvalue weighted by Crippen LogP contribution is 2.17. The van der Waals surface area contributed by atoms with Gasteiger partial charge in [0.05, 0.1) is 6.61 Å². The first-order valence-corrected chi connectivity index (χ1v) is 5.40. The molecule has 0 aliphatic carbocycles. The number of aliphatic hydroxyl groups is 1. The largest absolute Gasteiger partial charge is 0.394 e. The molecule has 1 aromatic rings. The Morgan fingerprint density at radius 1 is 1.71 bits per heavy atom. The van der Waals surface area contributed by atoms with Crippen molar-refractivity contribution in [3.8, 4) is 0 Å². The van der Waals surface area contributed by atoms with Gasteiger partial charge in [0, 0.05) is 18.3 Å². The average Bonchev–Trinajstić information content (AvgIpc) is 2.52. The monoisotopic (exact) mass is 216 g/mol. The molecule has 3 N–H and O–H groups in total. The molecule has 14 heavy (non-hydrogen) atoms. The molecule has 0 bridgehead atoms. The molecule has 0 radical (unpaired) electrons. The Balaban J connectivity index is 2.32. The van der Waals surface area contributed by atoms with E-state index in [1.165, 1.54) is 6.33 Å². The Hall–Kier alpha value is -0.590. The molecule has 0 saturated heterocycles. The van der Waals surface area contributed by atoms with Crippen LogP contribution in [-0.4, -0.2) is 37.8 Å². The van der Waals surface area contributed by atoms with Crippen molar-refractivity contribution >= 4 is 11.8 Å². The number of nitrogens with two attached hydrogens (primary N) is 1. The highest BCUT2D eigenvalue weighted by Gasteiger charge is 2.16. The highest BCUT2D eigenvalue weighted by molar-refractivity contribution is 7.99. The summed E-state index contributed by atoms with van der Waals surface area (Å²) in [5.41, 5.74) is 5.29. The van der Waals surface area contributed by atoms with Gasteiger partial charge in [-0.3, -0.25) is 0 Å². The van der Waals surface area contributed by atoms with Crippen molar-refractivity contribution in [3.05, 3.63) is 6.33 Å². The third kappa shape index (κ3) is 3.28. The van der Waals surface area contributed by atoms with Crippen molar-refractivity contribution in [2.24, 2.45) is 12.8 Å². The van der Waals surface area contributed by atoms with E-state index in [9.17, 15) is 0 Å². The summed E-state index contributed by atoms with van der Waals surface area (Å²) in [5, 5.41) is 13.8. The number of aromatic nitrogens is 3. The fraction of sp³-hybridized carbons (Fsp3) is 0.750. The molecule has 0 spiro atoms. The number of thioether (sulfide) groups is 1. The zero-order valence-corrected chi connectivity index (χ0v) is 9.29. The van der Waals surface area contributed by atoms with Crippen LogP contribution in [0.4, 0.5) is 0 Å². The van der Waals surface area contributed by atoms with E-state index in [2.05, 4.69) is 10.1 Å². The molecule has 0 aliphatic heterocycles. The predicted molar refractivity (Wildman–Crippen MR) is 56.0 cm³/mol. The smallest absolute Gasteiger partial charge is 0.185 e. The van der Waals surface area contributed by atoms with Crippen LogP contribution in [0.25, 0.3) is 0 Å². The number of hydrogen-bond acceptors (Lipinski definition) is 5. The lowest BCUT2D eigenvalue weighted by Gasteiger charge is -2.20. The molecule has 1 aromatic heterocycles. The van der Waals surface area contributed by atoms with Gasteiger partial charge in [0.25, 0.3) is 0 Å². The summed E-state index contributed by atoms with van der Waals surface area (Å²) in [5.74, 6) is 0.833. The zero-order chi connectivity index (χ0) is 10.6. The van der Waals surface area contributed by atoms with Gasteiger partial charge in [0.1, 0.15) is 6.33 Å². The van der Waals surface area contributed by atoms with Gasteiger partial charge in [-0.15, -0.1) is 0 Å². The second-order valence-electron chi connectivity index (χ2n) is 3.58. The van der Waals surface area contributed by atoms with Crippen molar-refractivity contribution in [2.75, 3.05) is 12.4 Å². The predicted octanol–water partition coefficient (Wildman–Crippen LogP) is 0.00700. The highest BCUT2D eigenvalue weighted by atomic mass is 32.2. The van der Waals surface area contributed by atoms with Crippen molar-refractivity contribution in [3.63, 3.8) is 0 Å². The molecule has 0 aromatic carbocycles. The lowest BCUT2D eigenvalue weighted by molar-refractivity contribution is 0.206. The third-order valence-electron chi connectivity index (χ3n) is 1.94. The van der Waals surface area contributed by atoms with E-state index >= 15 is 0 Å². The van der Waals surface area contributed by atoms with E-state index in [0.717, 1.165) is 17.3 Å². The Morgan fingerprint density at radius 2 is 2.43 bits per heavy atom. The van der Waals surface area contributed by atoms with Gasteiger partial charge in [-0.1, -0.05) is 11.8 Å². The minimum atomic E-state index is -0.494. The molecule has 1 unspecified atom stereocenters. The van der Waals surface area contributed by atoms with Gasteiger partial charge in [0.15, 0.2) is 5.16 Å². The number of hydrogen-bond donors (Lipinski definition) is 2. The Morgan fingerprint density at radius 3 is 2.93 bits per heavy atom. The van der Waals surface area contributed by atoms with Gasteiger partial charge in [0.2, 0.25) is 0 Å². The quantitative estimate of drug-likeness (QED) is 0.678. The van der Waals surface area contributed by atoms with Crippen molar-refractivity contribution in [2.45, 2.75) is 24.0 Å². The number of rotatable bonds is 5. The fourth-order valence-electron chi connectivity index (χ4n) is 0.871. The number of nitrogens with zero attached hydrogens (tertiary/aromatic N) is 3. The van der Waals surface area contributed by atoms with Gasteiger partial charge in [-0.2, -0.15) is 5.10 Å². The Kier molecular flexibility index (Phi) is 3.91. The van der Waals surface area contributed by atoms with Gasteiger partial charge >= 0.3 is 0 Å². The molecular weight excluding hydrogens is 200 g/mol. The Labute approximate surface area is 87.7 Å². The maximum atomic E-state index is 8.94. The van der Waals surface area contributed by atoms with Crippen LogP contribution in [0.2, 0.25) is 0 Å². The molecule has 5 nitrogen and oxygen atoms in total. The van der Waals surface area contributed by atoms with Gasteiger partial charge in [-0.25, -0.2) is 9.67 Å². The minimum Gasteiger partial charge on any atom is -0.394 e. The zero-order valence-electron chi connectivity index (χ0n) is 8.47. The van der Waals surface area contributed by atoms with Crippen LogP contribution in [0, 0.1) is 0 Å². The normalized spacial score (nSPS) is 15.4. The first-order chi connectivity index (χ1) is 6.55. The van der Waals surface area contributed by atoms with E-state index in [-0.39, 0.29) is 6.61 Å². The standard InChI is InChI=1S/C8H16N4OS/c1-8(9,5-13)3-4-14-7-10-6-11-12(7)2/h6,13H,3-5,9H2,1-2H3. The van der Waals surface area contributed by atoms with E-state index in [1.54, 1.807) is 16.4 Å². The summed E-state index contributed by atoms with van der Waals surface area (Å²) in [7, 11) is 1.85. The summed E-state index contributed by atoms with van der Waals surface area (Å²) in [6.07, 6.45) is 2.27. The van der Waals surface area contributed by atoms with Gasteiger partial charge < -0.3 is 10.8 Å². The molecular formula is C8H16N4OS. The van der Waals surface area contributed by atoms with Crippen LogP contribution in [-0.2, 0) is 7.05 Å². The topological polar surface area (TPSA) is 77.0 Å². The maximum absolute atomic E-state index is 8.94. The molecule has 1 heterocycles. The van der Waals surface area contributed by atoms with Crippen molar-refractivity contribution in [1.82, 2.24) is 14.8 Å². The molecule has 1 rings (SSSR count). The molecule has 80 valence electrons. The summed E-state index contributed by atoms with van der Waals surface area (Å²) in [6, 6.07) is 0. The molecule has 0 amide bonds. The molecule has 6 heteroatoms. The van der Waals surface area contributed by atoms with Crippen LogP contribution in [0.15, 0.2) is 11.5 Å². The van der Waals surface area contributed by atoms with Crippen LogP contribution >= 0.6 is 11.8 Å². The SMILES string of the molecule is Cn1ncnc1SCCC(C)(N)CO. The average molecular weight is 216 g/mol. The maximum Gasteiger partial charge on any atom is 0.185 e.